The van der Waals surface area contributed by atoms with E-state index in [4.69, 9.17) is 0 Å². The summed E-state index contributed by atoms with van der Waals surface area (Å²) in [5.74, 6) is 0.701. The van der Waals surface area contributed by atoms with Crippen molar-refractivity contribution < 1.29 is 0 Å². The maximum absolute atomic E-state index is 3.65. The van der Waals surface area contributed by atoms with Gasteiger partial charge in [0, 0.05) is 16.9 Å². The lowest BCUT2D eigenvalue weighted by Gasteiger charge is -2.46. The van der Waals surface area contributed by atoms with Crippen molar-refractivity contribution in [1.82, 2.24) is 5.32 Å². The topological polar surface area (TPSA) is 12.0 Å². The Labute approximate surface area is 131 Å². The number of benzene rings is 1. The summed E-state index contributed by atoms with van der Waals surface area (Å²) in [4.78, 5) is 0. The molecule has 1 unspecified atom stereocenters. The molecular formula is C18H26BrN. The van der Waals surface area contributed by atoms with E-state index >= 15 is 0 Å². The molecule has 3 rings (SSSR count). The average molecular weight is 336 g/mol. The lowest BCUT2D eigenvalue weighted by molar-refractivity contribution is 0.117. The number of piperidine rings is 1. The predicted octanol–water partition coefficient (Wildman–Crippen LogP) is 5.26. The summed E-state index contributed by atoms with van der Waals surface area (Å²) in [6.07, 6.45) is 11.5. The Balaban J connectivity index is 1.88. The fraction of sp³-hybridized carbons (Fsp3) is 0.667. The molecular weight excluding hydrogens is 310 g/mol. The molecule has 2 heteroatoms. The highest BCUT2D eigenvalue weighted by molar-refractivity contribution is 9.10. The van der Waals surface area contributed by atoms with Crippen LogP contribution < -0.4 is 5.32 Å². The van der Waals surface area contributed by atoms with E-state index in [9.17, 15) is 0 Å². The first-order valence-electron chi connectivity index (χ1n) is 8.26. The monoisotopic (exact) mass is 335 g/mol. The molecule has 0 radical (unpaired) electrons. The minimum absolute atomic E-state index is 0.562. The van der Waals surface area contributed by atoms with Gasteiger partial charge < -0.3 is 5.32 Å². The molecule has 0 aromatic heterocycles. The molecule has 1 atom stereocenters. The SMILES string of the molecule is Brc1cccc(C2CNCCC23CCCCCCC3)c1. The number of hydrogen-bond acceptors (Lipinski definition) is 1. The third-order valence-electron chi connectivity index (χ3n) is 5.49. The van der Waals surface area contributed by atoms with Crippen molar-refractivity contribution in [3.05, 3.63) is 34.3 Å². The zero-order valence-electron chi connectivity index (χ0n) is 12.3. The molecule has 1 heterocycles. The van der Waals surface area contributed by atoms with Gasteiger partial charge in [0.05, 0.1) is 0 Å². The van der Waals surface area contributed by atoms with Gasteiger partial charge in [-0.1, -0.05) is 60.2 Å². The van der Waals surface area contributed by atoms with Gasteiger partial charge in [0.25, 0.3) is 0 Å². The van der Waals surface area contributed by atoms with Gasteiger partial charge in [0.15, 0.2) is 0 Å². The molecule has 0 bridgehead atoms. The van der Waals surface area contributed by atoms with Crippen LogP contribution in [0.5, 0.6) is 0 Å². The normalized spacial score (nSPS) is 26.9. The van der Waals surface area contributed by atoms with Gasteiger partial charge in [-0.2, -0.15) is 0 Å². The van der Waals surface area contributed by atoms with Crippen molar-refractivity contribution in [2.75, 3.05) is 13.1 Å². The van der Waals surface area contributed by atoms with Crippen molar-refractivity contribution in [3.63, 3.8) is 0 Å². The van der Waals surface area contributed by atoms with Crippen molar-refractivity contribution >= 4 is 15.9 Å². The smallest absolute Gasteiger partial charge is 0.0178 e. The van der Waals surface area contributed by atoms with E-state index in [-0.39, 0.29) is 0 Å². The Morgan fingerprint density at radius 1 is 1.00 bits per heavy atom. The van der Waals surface area contributed by atoms with Crippen LogP contribution in [-0.4, -0.2) is 13.1 Å². The summed E-state index contributed by atoms with van der Waals surface area (Å²) in [5, 5.41) is 3.65. The van der Waals surface area contributed by atoms with E-state index in [0.29, 0.717) is 11.3 Å². The first kappa shape index (κ1) is 14.6. The summed E-state index contributed by atoms with van der Waals surface area (Å²) >= 11 is 3.65. The van der Waals surface area contributed by atoms with Gasteiger partial charge in [0.1, 0.15) is 0 Å². The van der Waals surface area contributed by atoms with Crippen LogP contribution in [-0.2, 0) is 0 Å². The van der Waals surface area contributed by atoms with Crippen LogP contribution in [0.25, 0.3) is 0 Å². The third kappa shape index (κ3) is 3.12. The molecule has 1 saturated heterocycles. The average Bonchev–Trinajstić information content (AvgIpc) is 2.44. The van der Waals surface area contributed by atoms with Crippen molar-refractivity contribution in [2.24, 2.45) is 5.41 Å². The summed E-state index contributed by atoms with van der Waals surface area (Å²) in [7, 11) is 0. The summed E-state index contributed by atoms with van der Waals surface area (Å²) < 4.78 is 1.22. The Hall–Kier alpha value is -0.340. The van der Waals surface area contributed by atoms with E-state index in [0.717, 1.165) is 6.54 Å². The molecule has 1 N–H and O–H groups in total. The van der Waals surface area contributed by atoms with E-state index in [1.54, 1.807) is 0 Å². The van der Waals surface area contributed by atoms with Gasteiger partial charge in [-0.25, -0.2) is 0 Å². The summed E-state index contributed by atoms with van der Waals surface area (Å²) in [6.45, 7) is 2.38. The van der Waals surface area contributed by atoms with Gasteiger partial charge in [-0.05, 0) is 48.9 Å². The molecule has 20 heavy (non-hydrogen) atoms. The molecule has 1 aliphatic carbocycles. The van der Waals surface area contributed by atoms with Crippen LogP contribution >= 0.6 is 15.9 Å². The van der Waals surface area contributed by atoms with Crippen molar-refractivity contribution in [1.29, 1.82) is 0 Å². The van der Waals surface area contributed by atoms with Gasteiger partial charge in [0.2, 0.25) is 0 Å². The van der Waals surface area contributed by atoms with Crippen molar-refractivity contribution in [3.8, 4) is 0 Å². The van der Waals surface area contributed by atoms with E-state index in [1.807, 2.05) is 0 Å². The molecule has 1 spiro atoms. The van der Waals surface area contributed by atoms with Crippen LogP contribution in [0.4, 0.5) is 0 Å². The minimum Gasteiger partial charge on any atom is -0.316 e. The number of halogens is 1. The third-order valence-corrected chi connectivity index (χ3v) is 5.98. The van der Waals surface area contributed by atoms with E-state index < -0.39 is 0 Å². The lowest BCUT2D eigenvalue weighted by Crippen LogP contribution is -2.44. The first-order valence-corrected chi connectivity index (χ1v) is 9.06. The highest BCUT2D eigenvalue weighted by Gasteiger charge is 2.40. The number of hydrogen-bond donors (Lipinski definition) is 1. The maximum Gasteiger partial charge on any atom is 0.0178 e. The maximum atomic E-state index is 3.65. The highest BCUT2D eigenvalue weighted by atomic mass is 79.9. The molecule has 0 amide bonds. The van der Waals surface area contributed by atoms with Crippen LogP contribution in [0.2, 0.25) is 0 Å². The highest BCUT2D eigenvalue weighted by Crippen LogP contribution is 2.49. The molecule has 110 valence electrons. The zero-order valence-corrected chi connectivity index (χ0v) is 13.9. The van der Waals surface area contributed by atoms with Crippen LogP contribution in [0.15, 0.2) is 28.7 Å². The second-order valence-corrected chi connectivity index (χ2v) is 7.61. The molecule has 1 saturated carbocycles. The van der Waals surface area contributed by atoms with Gasteiger partial charge in [-0.3, -0.25) is 0 Å². The first-order chi connectivity index (χ1) is 9.80. The fourth-order valence-electron chi connectivity index (χ4n) is 4.38. The Kier molecular flexibility index (Phi) is 4.83. The molecule has 2 aliphatic rings. The molecule has 1 aromatic carbocycles. The summed E-state index contributed by atoms with van der Waals surface area (Å²) in [5.41, 5.74) is 2.10. The molecule has 1 nitrogen and oxygen atoms in total. The van der Waals surface area contributed by atoms with Crippen LogP contribution in [0, 0.1) is 5.41 Å². The molecule has 1 aliphatic heterocycles. The summed E-state index contributed by atoms with van der Waals surface area (Å²) in [6, 6.07) is 9.02. The van der Waals surface area contributed by atoms with Crippen LogP contribution in [0.3, 0.4) is 0 Å². The number of nitrogens with one attached hydrogen (secondary N) is 1. The van der Waals surface area contributed by atoms with E-state index in [1.165, 1.54) is 67.9 Å². The largest absolute Gasteiger partial charge is 0.316 e. The van der Waals surface area contributed by atoms with Crippen LogP contribution in [0.1, 0.15) is 62.8 Å². The predicted molar refractivity (Wildman–Crippen MR) is 89.1 cm³/mol. The van der Waals surface area contributed by atoms with Crippen molar-refractivity contribution in [2.45, 2.75) is 57.3 Å². The van der Waals surface area contributed by atoms with E-state index in [2.05, 4.69) is 45.5 Å². The second kappa shape index (κ2) is 6.62. The quantitative estimate of drug-likeness (QED) is 0.738. The number of rotatable bonds is 1. The van der Waals surface area contributed by atoms with Gasteiger partial charge >= 0.3 is 0 Å². The minimum atomic E-state index is 0.562. The zero-order chi connectivity index (χ0) is 13.8. The molecule has 1 aromatic rings. The Bertz CT molecular complexity index is 435. The lowest BCUT2D eigenvalue weighted by atomic mass is 9.62. The second-order valence-electron chi connectivity index (χ2n) is 6.69. The fourth-order valence-corrected chi connectivity index (χ4v) is 4.79. The standard InChI is InChI=1S/C18H26BrN/c19-16-8-6-7-15(13-16)17-14-20-12-11-18(17)9-4-2-1-3-5-10-18/h6-8,13,17,20H,1-5,9-12,14H2. The molecule has 2 fully saturated rings. The Morgan fingerprint density at radius 2 is 1.75 bits per heavy atom. The van der Waals surface area contributed by atoms with Gasteiger partial charge in [-0.15, -0.1) is 0 Å². The Morgan fingerprint density at radius 3 is 2.50 bits per heavy atom.